The van der Waals surface area contributed by atoms with Crippen LogP contribution in [0, 0.1) is 0 Å². The average Bonchev–Trinajstić information content (AvgIpc) is 2.48. The highest BCUT2D eigenvalue weighted by atomic mass is 35.5. The molecule has 0 bridgehead atoms. The van der Waals surface area contributed by atoms with Crippen molar-refractivity contribution in [2.45, 2.75) is 0 Å². The number of benzene rings is 1. The fourth-order valence-electron chi connectivity index (χ4n) is 2.32. The Hall–Kier alpha value is -1.21. The Morgan fingerprint density at radius 2 is 2.05 bits per heavy atom. The van der Waals surface area contributed by atoms with Crippen molar-refractivity contribution in [3.63, 3.8) is 0 Å². The molecule has 1 heterocycles. The fourth-order valence-corrected chi connectivity index (χ4v) is 2.82. The first-order chi connectivity index (χ1) is 10.1. The van der Waals surface area contributed by atoms with E-state index in [2.05, 4.69) is 5.32 Å². The third kappa shape index (κ3) is 4.38. The molecule has 0 aliphatic carbocycles. The van der Waals surface area contributed by atoms with Crippen LogP contribution in [-0.2, 0) is 0 Å². The molecule has 0 atom stereocenters. The standard InChI is InChI=1S/C14H18ClN3O2S/c15-12-4-2-1-3-11(12)13(20)16-14(21)18-7-5-17(6-8-18)9-10-19/h1-4,19H,5-10H2,(H,16,20,21)/p+1. The minimum atomic E-state index is -0.282. The van der Waals surface area contributed by atoms with E-state index in [0.717, 1.165) is 32.7 Å². The van der Waals surface area contributed by atoms with Gasteiger partial charge in [0.2, 0.25) is 0 Å². The number of nitrogens with zero attached hydrogens (tertiary/aromatic N) is 1. The smallest absolute Gasteiger partial charge is 0.258 e. The monoisotopic (exact) mass is 328 g/mol. The third-order valence-corrected chi connectivity index (χ3v) is 4.25. The molecule has 1 amide bonds. The molecule has 21 heavy (non-hydrogen) atoms. The highest BCUT2D eigenvalue weighted by molar-refractivity contribution is 7.80. The summed E-state index contributed by atoms with van der Waals surface area (Å²) >= 11 is 11.3. The average molecular weight is 329 g/mol. The van der Waals surface area contributed by atoms with Crippen LogP contribution in [0.3, 0.4) is 0 Å². The number of quaternary nitrogens is 1. The molecule has 1 aromatic rings. The molecule has 114 valence electrons. The second-order valence-electron chi connectivity index (χ2n) is 4.95. The number of rotatable bonds is 3. The molecule has 1 aliphatic rings. The molecule has 5 nitrogen and oxygen atoms in total. The number of carbonyl (C=O) groups is 1. The van der Waals surface area contributed by atoms with Gasteiger partial charge >= 0.3 is 0 Å². The van der Waals surface area contributed by atoms with Gasteiger partial charge in [0.25, 0.3) is 5.91 Å². The number of carbonyl (C=O) groups excluding carboxylic acids is 1. The summed E-state index contributed by atoms with van der Waals surface area (Å²) in [5.41, 5.74) is 0.422. The van der Waals surface area contributed by atoms with Crippen molar-refractivity contribution < 1.29 is 14.8 Å². The minimum Gasteiger partial charge on any atom is -0.391 e. The molecule has 0 saturated carbocycles. The maximum Gasteiger partial charge on any atom is 0.258 e. The van der Waals surface area contributed by atoms with Gasteiger partial charge in [-0.15, -0.1) is 0 Å². The molecular weight excluding hydrogens is 310 g/mol. The van der Waals surface area contributed by atoms with Gasteiger partial charge in [0.1, 0.15) is 6.54 Å². The van der Waals surface area contributed by atoms with Gasteiger partial charge in [-0.3, -0.25) is 10.1 Å². The Morgan fingerprint density at radius 3 is 2.67 bits per heavy atom. The Balaban J connectivity index is 1.88. The van der Waals surface area contributed by atoms with Crippen LogP contribution in [0.2, 0.25) is 5.02 Å². The van der Waals surface area contributed by atoms with Gasteiger partial charge < -0.3 is 14.9 Å². The van der Waals surface area contributed by atoms with Gasteiger partial charge in [0.05, 0.1) is 43.4 Å². The summed E-state index contributed by atoms with van der Waals surface area (Å²) in [6.07, 6.45) is 0. The number of hydrogen-bond acceptors (Lipinski definition) is 3. The summed E-state index contributed by atoms with van der Waals surface area (Å²) in [6, 6.07) is 6.89. The zero-order chi connectivity index (χ0) is 15.2. The second-order valence-corrected chi connectivity index (χ2v) is 5.74. The van der Waals surface area contributed by atoms with E-state index < -0.39 is 0 Å². The lowest BCUT2D eigenvalue weighted by Gasteiger charge is -2.33. The number of aliphatic hydroxyl groups excluding tert-OH is 1. The number of aliphatic hydroxyl groups is 1. The quantitative estimate of drug-likeness (QED) is 0.658. The van der Waals surface area contributed by atoms with Crippen molar-refractivity contribution in [1.82, 2.24) is 10.2 Å². The number of nitrogens with one attached hydrogen (secondary N) is 2. The van der Waals surface area contributed by atoms with Crippen LogP contribution in [0.15, 0.2) is 24.3 Å². The van der Waals surface area contributed by atoms with Gasteiger partial charge in [-0.25, -0.2) is 0 Å². The number of hydrogen-bond donors (Lipinski definition) is 3. The lowest BCUT2D eigenvalue weighted by Crippen LogP contribution is -3.15. The van der Waals surface area contributed by atoms with E-state index in [9.17, 15) is 4.79 Å². The predicted octanol–water partition coefficient (Wildman–Crippen LogP) is -0.452. The third-order valence-electron chi connectivity index (χ3n) is 3.56. The summed E-state index contributed by atoms with van der Waals surface area (Å²) in [6.45, 7) is 4.31. The molecule has 0 unspecified atom stereocenters. The zero-order valence-corrected chi connectivity index (χ0v) is 13.2. The van der Waals surface area contributed by atoms with E-state index in [1.807, 2.05) is 4.90 Å². The van der Waals surface area contributed by atoms with E-state index >= 15 is 0 Å². The summed E-state index contributed by atoms with van der Waals surface area (Å²) < 4.78 is 0. The number of halogens is 1. The van der Waals surface area contributed by atoms with Gasteiger partial charge in [0.15, 0.2) is 5.11 Å². The number of thiocarbonyl (C=S) groups is 1. The van der Waals surface area contributed by atoms with Crippen LogP contribution in [0.5, 0.6) is 0 Å². The summed E-state index contributed by atoms with van der Waals surface area (Å²) in [5, 5.41) is 12.5. The molecule has 2 rings (SSSR count). The maximum atomic E-state index is 12.1. The molecular formula is C14H19ClN3O2S+. The van der Waals surface area contributed by atoms with Gasteiger partial charge in [-0.05, 0) is 24.4 Å². The Labute approximate surface area is 134 Å². The number of amides is 1. The summed E-state index contributed by atoms with van der Waals surface area (Å²) in [5.74, 6) is -0.282. The topological polar surface area (TPSA) is 57.0 Å². The molecule has 3 N–H and O–H groups in total. The molecule has 0 radical (unpaired) electrons. The highest BCUT2D eigenvalue weighted by Crippen LogP contribution is 2.14. The van der Waals surface area contributed by atoms with E-state index in [-0.39, 0.29) is 12.5 Å². The molecule has 1 aromatic carbocycles. The van der Waals surface area contributed by atoms with E-state index in [1.54, 1.807) is 24.3 Å². The maximum absolute atomic E-state index is 12.1. The lowest BCUT2D eigenvalue weighted by atomic mass is 10.2. The fraction of sp³-hybridized carbons (Fsp3) is 0.429. The molecule has 1 aliphatic heterocycles. The van der Waals surface area contributed by atoms with E-state index in [1.165, 1.54) is 4.90 Å². The first-order valence-corrected chi connectivity index (χ1v) is 7.69. The first-order valence-electron chi connectivity index (χ1n) is 6.91. The Morgan fingerprint density at radius 1 is 1.38 bits per heavy atom. The Bertz CT molecular complexity index is 519. The molecule has 7 heteroatoms. The molecule has 1 fully saturated rings. The minimum absolute atomic E-state index is 0.197. The Kier molecular flexibility index (Phi) is 5.93. The van der Waals surface area contributed by atoms with Crippen LogP contribution in [0.4, 0.5) is 0 Å². The van der Waals surface area contributed by atoms with Crippen molar-refractivity contribution in [1.29, 1.82) is 0 Å². The van der Waals surface area contributed by atoms with Crippen molar-refractivity contribution in [3.05, 3.63) is 34.9 Å². The normalized spacial score (nSPS) is 15.8. The van der Waals surface area contributed by atoms with Crippen LogP contribution >= 0.6 is 23.8 Å². The van der Waals surface area contributed by atoms with Gasteiger partial charge in [0, 0.05) is 0 Å². The van der Waals surface area contributed by atoms with Crippen LogP contribution in [-0.4, -0.2) is 60.4 Å². The zero-order valence-electron chi connectivity index (χ0n) is 11.6. The first kappa shape index (κ1) is 16.2. The van der Waals surface area contributed by atoms with Crippen LogP contribution < -0.4 is 10.2 Å². The second kappa shape index (κ2) is 7.70. The van der Waals surface area contributed by atoms with Crippen LogP contribution in [0.1, 0.15) is 10.4 Å². The summed E-state index contributed by atoms with van der Waals surface area (Å²) in [4.78, 5) is 15.5. The van der Waals surface area contributed by atoms with Crippen LogP contribution in [0.25, 0.3) is 0 Å². The largest absolute Gasteiger partial charge is 0.391 e. The SMILES string of the molecule is O=C(NC(=S)N1CC[NH+](CCO)CC1)c1ccccc1Cl. The molecule has 0 aromatic heterocycles. The van der Waals surface area contributed by atoms with Crippen molar-refractivity contribution >= 4 is 34.8 Å². The highest BCUT2D eigenvalue weighted by Gasteiger charge is 2.22. The molecule has 1 saturated heterocycles. The number of piperazine rings is 1. The van der Waals surface area contributed by atoms with Crippen molar-refractivity contribution in [2.24, 2.45) is 0 Å². The summed E-state index contributed by atoms with van der Waals surface area (Å²) in [7, 11) is 0. The van der Waals surface area contributed by atoms with E-state index in [4.69, 9.17) is 28.9 Å². The van der Waals surface area contributed by atoms with Crippen molar-refractivity contribution in [3.8, 4) is 0 Å². The van der Waals surface area contributed by atoms with Gasteiger partial charge in [-0.1, -0.05) is 23.7 Å². The van der Waals surface area contributed by atoms with Crippen molar-refractivity contribution in [2.75, 3.05) is 39.3 Å². The molecule has 0 spiro atoms. The lowest BCUT2D eigenvalue weighted by molar-refractivity contribution is -0.904. The van der Waals surface area contributed by atoms with E-state index in [0.29, 0.717) is 15.7 Å². The van der Waals surface area contributed by atoms with Gasteiger partial charge in [-0.2, -0.15) is 0 Å². The predicted molar refractivity (Wildman–Crippen MR) is 85.7 cm³/mol.